The van der Waals surface area contributed by atoms with E-state index < -0.39 is 17.7 Å². The molecule has 0 radical (unpaired) electrons. The number of hydrogen-bond acceptors (Lipinski definition) is 6. The summed E-state index contributed by atoms with van der Waals surface area (Å²) < 4.78 is 5.35. The third-order valence-corrected chi connectivity index (χ3v) is 6.41. The van der Waals surface area contributed by atoms with E-state index in [1.165, 1.54) is 18.4 Å². The number of thiophene rings is 1. The molecule has 1 aromatic heterocycles. The van der Waals surface area contributed by atoms with Gasteiger partial charge < -0.3 is 19.6 Å². The smallest absolute Gasteiger partial charge is 0.295 e. The molecule has 1 atom stereocenters. The Hall–Kier alpha value is -2.64. The number of Topliss-reactive ketones (excluding diaryl/α,β-unsaturated/α-hetero) is 1. The lowest BCUT2D eigenvalue weighted by Gasteiger charge is -2.25. The van der Waals surface area contributed by atoms with Crippen molar-refractivity contribution in [2.24, 2.45) is 0 Å². The molecule has 1 aliphatic heterocycles. The van der Waals surface area contributed by atoms with Gasteiger partial charge in [-0.05, 0) is 49.6 Å². The van der Waals surface area contributed by atoms with Gasteiger partial charge in [-0.15, -0.1) is 11.3 Å². The number of aliphatic hydroxyl groups excluding tert-OH is 1. The summed E-state index contributed by atoms with van der Waals surface area (Å²) in [5, 5.41) is 13.0. The van der Waals surface area contributed by atoms with Crippen LogP contribution in [0, 0.1) is 0 Å². The van der Waals surface area contributed by atoms with Crippen LogP contribution in [0.2, 0.25) is 0 Å². The second kappa shape index (κ2) is 9.91. The number of para-hydroxylation sites is 1. The molecule has 1 aromatic carbocycles. The van der Waals surface area contributed by atoms with Gasteiger partial charge >= 0.3 is 0 Å². The van der Waals surface area contributed by atoms with E-state index in [2.05, 4.69) is 18.7 Å². The van der Waals surface area contributed by atoms with Crippen molar-refractivity contribution in [2.75, 3.05) is 33.3 Å². The molecule has 1 unspecified atom stereocenters. The van der Waals surface area contributed by atoms with Crippen molar-refractivity contribution in [1.29, 1.82) is 0 Å². The largest absolute Gasteiger partial charge is 0.507 e. The summed E-state index contributed by atoms with van der Waals surface area (Å²) in [5.41, 5.74) is 0.525. The zero-order valence-corrected chi connectivity index (χ0v) is 18.4. The summed E-state index contributed by atoms with van der Waals surface area (Å²) in [5.74, 6) is -0.966. The molecule has 7 heteroatoms. The number of carbonyl (C=O) groups is 2. The van der Waals surface area contributed by atoms with Gasteiger partial charge in [0.1, 0.15) is 11.5 Å². The van der Waals surface area contributed by atoms with E-state index in [0.717, 1.165) is 30.9 Å². The highest BCUT2D eigenvalue weighted by Gasteiger charge is 2.46. The summed E-state index contributed by atoms with van der Waals surface area (Å²) in [7, 11) is 1.51. The Kier molecular flexibility index (Phi) is 7.29. The maximum absolute atomic E-state index is 13.0. The number of rotatable bonds is 9. The number of likely N-dealkylation sites (tertiary alicyclic amines) is 1. The first-order valence-electron chi connectivity index (χ1n) is 10.2. The van der Waals surface area contributed by atoms with Crippen LogP contribution in [-0.2, 0) is 9.59 Å². The van der Waals surface area contributed by atoms with Gasteiger partial charge in [-0.25, -0.2) is 0 Å². The SMILES string of the molecule is CCN(CC)CCCN1C(=O)C(=O)/C(=C(/O)c2ccccc2OC)C1c1cccs1. The van der Waals surface area contributed by atoms with Crippen molar-refractivity contribution >= 4 is 28.8 Å². The molecule has 1 N–H and O–H groups in total. The summed E-state index contributed by atoms with van der Waals surface area (Å²) in [6.45, 7) is 7.39. The molecule has 6 nitrogen and oxygen atoms in total. The molecule has 160 valence electrons. The topological polar surface area (TPSA) is 70.1 Å². The first kappa shape index (κ1) is 22.1. The number of ether oxygens (including phenoxy) is 1. The number of hydrogen-bond donors (Lipinski definition) is 1. The van der Waals surface area contributed by atoms with Gasteiger partial charge in [0.15, 0.2) is 0 Å². The quantitative estimate of drug-likeness (QED) is 0.373. The predicted octanol–water partition coefficient (Wildman–Crippen LogP) is 3.91. The standard InChI is InChI=1S/C23H28N2O4S/c1-4-24(5-2)13-9-14-25-20(18-12-8-15-30-18)19(22(27)23(25)28)21(26)16-10-6-7-11-17(16)29-3/h6-8,10-12,15,20,26H,4-5,9,13-14H2,1-3H3/b21-19+. The Labute approximate surface area is 181 Å². The highest BCUT2D eigenvalue weighted by Crippen LogP contribution is 2.42. The minimum atomic E-state index is -0.653. The average molecular weight is 429 g/mol. The molecule has 0 aliphatic carbocycles. The lowest BCUT2D eigenvalue weighted by Crippen LogP contribution is -2.33. The van der Waals surface area contributed by atoms with E-state index in [9.17, 15) is 14.7 Å². The number of ketones is 1. The van der Waals surface area contributed by atoms with Crippen LogP contribution in [0.1, 0.15) is 36.8 Å². The Morgan fingerprint density at radius 3 is 2.53 bits per heavy atom. The molecule has 2 heterocycles. The van der Waals surface area contributed by atoms with Gasteiger partial charge in [-0.1, -0.05) is 32.0 Å². The molecule has 0 bridgehead atoms. The third kappa shape index (κ3) is 4.27. The van der Waals surface area contributed by atoms with Crippen LogP contribution in [0.4, 0.5) is 0 Å². The average Bonchev–Trinajstić information content (AvgIpc) is 3.38. The van der Waals surface area contributed by atoms with Crippen LogP contribution in [0.5, 0.6) is 5.75 Å². The van der Waals surface area contributed by atoms with E-state index in [1.54, 1.807) is 29.2 Å². The number of amides is 1. The van der Waals surface area contributed by atoms with Gasteiger partial charge in [-0.2, -0.15) is 0 Å². The number of nitrogens with zero attached hydrogens (tertiary/aromatic N) is 2. The predicted molar refractivity (Wildman–Crippen MR) is 119 cm³/mol. The van der Waals surface area contributed by atoms with Gasteiger partial charge in [0.2, 0.25) is 0 Å². The van der Waals surface area contributed by atoms with E-state index in [4.69, 9.17) is 4.74 Å². The van der Waals surface area contributed by atoms with Crippen LogP contribution >= 0.6 is 11.3 Å². The monoisotopic (exact) mass is 428 g/mol. The Bertz CT molecular complexity index is 919. The molecule has 1 fully saturated rings. The summed E-state index contributed by atoms with van der Waals surface area (Å²) >= 11 is 1.47. The van der Waals surface area contributed by atoms with Crippen molar-refractivity contribution < 1.29 is 19.4 Å². The third-order valence-electron chi connectivity index (χ3n) is 5.48. The molecule has 1 amide bonds. The molecule has 1 aliphatic rings. The Morgan fingerprint density at radius 1 is 1.17 bits per heavy atom. The lowest BCUT2D eigenvalue weighted by molar-refractivity contribution is -0.139. The maximum atomic E-state index is 13.0. The van der Waals surface area contributed by atoms with E-state index in [-0.39, 0.29) is 11.3 Å². The normalized spacial score (nSPS) is 18.4. The molecule has 1 saturated heterocycles. The summed E-state index contributed by atoms with van der Waals surface area (Å²) in [4.78, 5) is 30.6. The molecule has 30 heavy (non-hydrogen) atoms. The number of benzene rings is 1. The van der Waals surface area contributed by atoms with Crippen LogP contribution in [-0.4, -0.2) is 59.9 Å². The van der Waals surface area contributed by atoms with Crippen LogP contribution in [0.25, 0.3) is 5.76 Å². The molecule has 2 aromatic rings. The number of carbonyl (C=O) groups excluding carboxylic acids is 2. The van der Waals surface area contributed by atoms with E-state index in [0.29, 0.717) is 17.9 Å². The minimum Gasteiger partial charge on any atom is -0.507 e. The van der Waals surface area contributed by atoms with Crippen molar-refractivity contribution in [2.45, 2.75) is 26.3 Å². The fraction of sp³-hybridized carbons (Fsp3) is 0.391. The number of aliphatic hydroxyl groups is 1. The van der Waals surface area contributed by atoms with Crippen molar-refractivity contribution in [1.82, 2.24) is 9.80 Å². The van der Waals surface area contributed by atoms with Crippen molar-refractivity contribution in [3.05, 3.63) is 57.8 Å². The first-order chi connectivity index (χ1) is 14.5. The van der Waals surface area contributed by atoms with Crippen LogP contribution < -0.4 is 4.74 Å². The highest BCUT2D eigenvalue weighted by atomic mass is 32.1. The Balaban J connectivity index is 2.00. The van der Waals surface area contributed by atoms with Gasteiger partial charge in [0.05, 0.1) is 24.3 Å². The zero-order chi connectivity index (χ0) is 21.7. The van der Waals surface area contributed by atoms with Crippen LogP contribution in [0.15, 0.2) is 47.4 Å². The second-order valence-electron chi connectivity index (χ2n) is 7.09. The summed E-state index contributed by atoms with van der Waals surface area (Å²) in [6, 6.07) is 10.2. The second-order valence-corrected chi connectivity index (χ2v) is 8.07. The van der Waals surface area contributed by atoms with Gasteiger partial charge in [0, 0.05) is 11.4 Å². The molecule has 0 saturated carbocycles. The maximum Gasteiger partial charge on any atom is 0.295 e. The fourth-order valence-corrected chi connectivity index (χ4v) is 4.69. The Morgan fingerprint density at radius 2 is 1.90 bits per heavy atom. The molecular formula is C23H28N2O4S. The lowest BCUT2D eigenvalue weighted by atomic mass is 9.99. The zero-order valence-electron chi connectivity index (χ0n) is 17.6. The van der Waals surface area contributed by atoms with E-state index in [1.807, 2.05) is 17.5 Å². The summed E-state index contributed by atoms with van der Waals surface area (Å²) in [6.07, 6.45) is 0.755. The number of methoxy groups -OCH3 is 1. The fourth-order valence-electron chi connectivity index (χ4n) is 3.84. The molecule has 3 rings (SSSR count). The molecular weight excluding hydrogens is 400 g/mol. The highest BCUT2D eigenvalue weighted by molar-refractivity contribution is 7.10. The minimum absolute atomic E-state index is 0.120. The molecule has 0 spiro atoms. The van der Waals surface area contributed by atoms with Gasteiger partial charge in [0.25, 0.3) is 11.7 Å². The van der Waals surface area contributed by atoms with Crippen LogP contribution in [0.3, 0.4) is 0 Å². The van der Waals surface area contributed by atoms with Crippen molar-refractivity contribution in [3.63, 3.8) is 0 Å². The first-order valence-corrected chi connectivity index (χ1v) is 11.1. The van der Waals surface area contributed by atoms with E-state index >= 15 is 0 Å². The van der Waals surface area contributed by atoms with Crippen molar-refractivity contribution in [3.8, 4) is 5.75 Å². The van der Waals surface area contributed by atoms with Gasteiger partial charge in [-0.3, -0.25) is 9.59 Å².